The van der Waals surface area contributed by atoms with Crippen molar-refractivity contribution in [3.8, 4) is 0 Å². The number of benzene rings is 2. The van der Waals surface area contributed by atoms with Gasteiger partial charge in [-0.15, -0.1) is 0 Å². The standard InChI is InChI=1S/C21H23F4N3O2/c1-4-28(14(3)20(30)26-15-10-9-13(2)17(22)11-15)12-19(29)27-18-8-6-5-7-16(18)21(23,24)25/h5-11,14H,4,12H2,1-3H3,(H,26,30)(H,27,29). The zero-order valence-corrected chi connectivity index (χ0v) is 16.8. The van der Waals surface area contributed by atoms with Crippen LogP contribution in [0.3, 0.4) is 0 Å². The highest BCUT2D eigenvalue weighted by Gasteiger charge is 2.33. The van der Waals surface area contributed by atoms with E-state index < -0.39 is 35.4 Å². The van der Waals surface area contributed by atoms with Crippen molar-refractivity contribution in [3.63, 3.8) is 0 Å². The smallest absolute Gasteiger partial charge is 0.325 e. The number of likely N-dealkylation sites (N-methyl/N-ethyl adjacent to an activating group) is 1. The molecule has 0 aromatic heterocycles. The molecule has 0 fully saturated rings. The van der Waals surface area contributed by atoms with Crippen molar-refractivity contribution >= 4 is 23.2 Å². The second-order valence-electron chi connectivity index (χ2n) is 6.78. The van der Waals surface area contributed by atoms with Gasteiger partial charge < -0.3 is 10.6 Å². The lowest BCUT2D eigenvalue weighted by Crippen LogP contribution is -2.45. The molecule has 9 heteroatoms. The van der Waals surface area contributed by atoms with Crippen LogP contribution in [0.5, 0.6) is 0 Å². The number of halogens is 4. The van der Waals surface area contributed by atoms with Crippen molar-refractivity contribution < 1.29 is 27.2 Å². The number of hydrogen-bond donors (Lipinski definition) is 2. The van der Waals surface area contributed by atoms with Crippen LogP contribution in [0.15, 0.2) is 42.5 Å². The Labute approximate surface area is 172 Å². The first kappa shape index (κ1) is 23.3. The fourth-order valence-electron chi connectivity index (χ4n) is 2.82. The van der Waals surface area contributed by atoms with Gasteiger partial charge in [-0.1, -0.05) is 25.1 Å². The van der Waals surface area contributed by atoms with Gasteiger partial charge in [0.15, 0.2) is 0 Å². The lowest BCUT2D eigenvalue weighted by atomic mass is 10.1. The molecule has 162 valence electrons. The molecule has 5 nitrogen and oxygen atoms in total. The van der Waals surface area contributed by atoms with E-state index in [1.54, 1.807) is 26.8 Å². The predicted molar refractivity (Wildman–Crippen MR) is 107 cm³/mol. The van der Waals surface area contributed by atoms with Gasteiger partial charge in [0.25, 0.3) is 0 Å². The van der Waals surface area contributed by atoms with Gasteiger partial charge in [-0.3, -0.25) is 14.5 Å². The molecular weight excluding hydrogens is 402 g/mol. The Morgan fingerprint density at radius 3 is 2.37 bits per heavy atom. The molecule has 2 amide bonds. The zero-order valence-electron chi connectivity index (χ0n) is 16.8. The van der Waals surface area contributed by atoms with Crippen LogP contribution in [-0.4, -0.2) is 35.8 Å². The summed E-state index contributed by atoms with van der Waals surface area (Å²) in [7, 11) is 0. The molecule has 0 radical (unpaired) electrons. The molecule has 0 aliphatic rings. The lowest BCUT2D eigenvalue weighted by Gasteiger charge is -2.26. The molecular formula is C21H23F4N3O2. The van der Waals surface area contributed by atoms with E-state index in [9.17, 15) is 27.2 Å². The van der Waals surface area contributed by atoms with E-state index in [0.29, 0.717) is 12.1 Å². The molecule has 0 saturated heterocycles. The SMILES string of the molecule is CCN(CC(=O)Nc1ccccc1C(F)(F)F)C(C)C(=O)Nc1ccc(C)c(F)c1. The van der Waals surface area contributed by atoms with Crippen LogP contribution in [-0.2, 0) is 15.8 Å². The number of hydrogen-bond acceptors (Lipinski definition) is 3. The summed E-state index contributed by atoms with van der Waals surface area (Å²) in [6.07, 6.45) is -4.61. The van der Waals surface area contributed by atoms with Crippen LogP contribution in [0.2, 0.25) is 0 Å². The average Bonchev–Trinajstić information content (AvgIpc) is 2.68. The number of nitrogens with zero attached hydrogens (tertiary/aromatic N) is 1. The molecule has 2 aromatic carbocycles. The molecule has 2 aromatic rings. The largest absolute Gasteiger partial charge is 0.418 e. The number of para-hydroxylation sites is 1. The highest BCUT2D eigenvalue weighted by atomic mass is 19.4. The van der Waals surface area contributed by atoms with Crippen molar-refractivity contribution in [3.05, 3.63) is 59.4 Å². The van der Waals surface area contributed by atoms with Crippen LogP contribution in [0.1, 0.15) is 25.0 Å². The van der Waals surface area contributed by atoms with Crippen LogP contribution in [0.4, 0.5) is 28.9 Å². The molecule has 1 atom stereocenters. The number of carbonyl (C=O) groups excluding carboxylic acids is 2. The minimum absolute atomic E-state index is 0.273. The molecule has 0 saturated carbocycles. The topological polar surface area (TPSA) is 61.4 Å². The Kier molecular flexibility index (Phi) is 7.55. The first-order valence-electron chi connectivity index (χ1n) is 9.30. The van der Waals surface area contributed by atoms with Gasteiger partial charge in [0.2, 0.25) is 11.8 Å². The van der Waals surface area contributed by atoms with Gasteiger partial charge >= 0.3 is 6.18 Å². The number of amides is 2. The van der Waals surface area contributed by atoms with E-state index in [2.05, 4.69) is 10.6 Å². The molecule has 0 aliphatic carbocycles. The second-order valence-corrected chi connectivity index (χ2v) is 6.78. The quantitative estimate of drug-likeness (QED) is 0.645. The van der Waals surface area contributed by atoms with E-state index in [4.69, 9.17) is 0 Å². The fourth-order valence-corrected chi connectivity index (χ4v) is 2.82. The number of anilines is 2. The molecule has 2 rings (SSSR count). The summed E-state index contributed by atoms with van der Waals surface area (Å²) in [5.74, 6) is -1.62. The lowest BCUT2D eigenvalue weighted by molar-refractivity contribution is -0.137. The van der Waals surface area contributed by atoms with E-state index in [1.165, 1.54) is 35.2 Å². The molecule has 0 spiro atoms. The summed E-state index contributed by atoms with van der Waals surface area (Å²) in [5, 5.41) is 4.83. The first-order valence-corrected chi connectivity index (χ1v) is 9.30. The Balaban J connectivity index is 2.04. The van der Waals surface area contributed by atoms with Crippen molar-refractivity contribution in [2.45, 2.75) is 33.0 Å². The number of carbonyl (C=O) groups is 2. The van der Waals surface area contributed by atoms with Gasteiger partial charge in [0.05, 0.1) is 23.8 Å². The Hall–Kier alpha value is -2.94. The Morgan fingerprint density at radius 2 is 1.77 bits per heavy atom. The molecule has 0 aliphatic heterocycles. The minimum atomic E-state index is -4.61. The summed E-state index contributed by atoms with van der Waals surface area (Å²) < 4.78 is 52.9. The van der Waals surface area contributed by atoms with Crippen molar-refractivity contribution in [1.29, 1.82) is 0 Å². The van der Waals surface area contributed by atoms with Gasteiger partial charge in [0.1, 0.15) is 5.82 Å². The van der Waals surface area contributed by atoms with Gasteiger partial charge in [-0.25, -0.2) is 4.39 Å². The van der Waals surface area contributed by atoms with Crippen LogP contribution in [0, 0.1) is 12.7 Å². The fraction of sp³-hybridized carbons (Fsp3) is 0.333. The third-order valence-electron chi connectivity index (χ3n) is 4.63. The number of alkyl halides is 3. The average molecular weight is 425 g/mol. The number of nitrogens with one attached hydrogen (secondary N) is 2. The number of aryl methyl sites for hydroxylation is 1. The zero-order chi connectivity index (χ0) is 22.5. The Morgan fingerprint density at radius 1 is 1.10 bits per heavy atom. The van der Waals surface area contributed by atoms with Crippen molar-refractivity contribution in [2.75, 3.05) is 23.7 Å². The molecule has 30 heavy (non-hydrogen) atoms. The third-order valence-corrected chi connectivity index (χ3v) is 4.63. The monoisotopic (exact) mass is 425 g/mol. The van der Waals surface area contributed by atoms with E-state index in [-0.39, 0.29) is 17.9 Å². The summed E-state index contributed by atoms with van der Waals surface area (Å²) in [4.78, 5) is 26.3. The first-order chi connectivity index (χ1) is 14.0. The Bertz CT molecular complexity index is 915. The van der Waals surface area contributed by atoms with Crippen LogP contribution in [0.25, 0.3) is 0 Å². The van der Waals surface area contributed by atoms with Crippen molar-refractivity contribution in [1.82, 2.24) is 4.90 Å². The van der Waals surface area contributed by atoms with E-state index in [1.807, 2.05) is 0 Å². The minimum Gasteiger partial charge on any atom is -0.325 e. The predicted octanol–water partition coefficient (Wildman–Crippen LogP) is 4.44. The van der Waals surface area contributed by atoms with E-state index >= 15 is 0 Å². The van der Waals surface area contributed by atoms with Gasteiger partial charge in [-0.2, -0.15) is 13.2 Å². The highest BCUT2D eigenvalue weighted by molar-refractivity contribution is 5.96. The summed E-state index contributed by atoms with van der Waals surface area (Å²) in [6.45, 7) is 4.87. The van der Waals surface area contributed by atoms with Gasteiger partial charge in [-0.05, 0) is 50.2 Å². The maximum Gasteiger partial charge on any atom is 0.418 e. The van der Waals surface area contributed by atoms with Crippen molar-refractivity contribution in [2.24, 2.45) is 0 Å². The summed E-state index contributed by atoms with van der Waals surface area (Å²) in [6, 6.07) is 8.16. The van der Waals surface area contributed by atoms with E-state index in [0.717, 1.165) is 6.07 Å². The third kappa shape index (κ3) is 6.03. The molecule has 0 bridgehead atoms. The van der Waals surface area contributed by atoms with Crippen LogP contribution >= 0.6 is 0 Å². The molecule has 0 heterocycles. The van der Waals surface area contributed by atoms with Gasteiger partial charge in [0, 0.05) is 5.69 Å². The normalized spacial score (nSPS) is 12.5. The van der Waals surface area contributed by atoms with Crippen LogP contribution < -0.4 is 10.6 Å². The molecule has 1 unspecified atom stereocenters. The summed E-state index contributed by atoms with van der Waals surface area (Å²) in [5.41, 5.74) is -0.589. The second kappa shape index (κ2) is 9.71. The molecule has 2 N–H and O–H groups in total. The summed E-state index contributed by atoms with van der Waals surface area (Å²) >= 11 is 0. The maximum absolute atomic E-state index is 13.7. The number of rotatable bonds is 7. The highest BCUT2D eigenvalue weighted by Crippen LogP contribution is 2.34. The maximum atomic E-state index is 13.7.